The van der Waals surface area contributed by atoms with Crippen molar-refractivity contribution in [2.75, 3.05) is 0 Å². The van der Waals surface area contributed by atoms with Crippen LogP contribution in [0, 0.1) is 52.3 Å². The molecule has 6 heteroatoms. The Balaban J connectivity index is 1.68. The van der Waals surface area contributed by atoms with Crippen LogP contribution in [0.15, 0.2) is 0 Å². The third kappa shape index (κ3) is 3.21. The summed E-state index contributed by atoms with van der Waals surface area (Å²) in [5.74, 6) is -6.33. The molecule has 4 unspecified atom stereocenters. The Morgan fingerprint density at radius 1 is 1.03 bits per heavy atom. The fourth-order valence-corrected chi connectivity index (χ4v) is 9.27. The number of hydrogen-bond acceptors (Lipinski definition) is 3. The third-order valence-corrected chi connectivity index (χ3v) is 10.9. The first-order chi connectivity index (χ1) is 14.4. The summed E-state index contributed by atoms with van der Waals surface area (Å²) in [5.41, 5.74) is -0.296. The SMILES string of the molecule is CC[C@H]1C(O)C2C3CC[C@H]([C@H](C)C(F)(F)C(=O)O)[C@@]3(C)CCC2[C@@]2(C)CC[C@@H](O)C[C@@H]12. The molecule has 0 aliphatic heterocycles. The number of hydrogen-bond donors (Lipinski definition) is 3. The Morgan fingerprint density at radius 3 is 2.26 bits per heavy atom. The van der Waals surface area contributed by atoms with E-state index in [2.05, 4.69) is 20.8 Å². The van der Waals surface area contributed by atoms with Gasteiger partial charge in [0, 0.05) is 5.92 Å². The second-order valence-corrected chi connectivity index (χ2v) is 11.8. The van der Waals surface area contributed by atoms with E-state index in [-0.39, 0.29) is 40.6 Å². The standard InChI is InChI=1S/C25H40F2O4/c1-5-15-19-12-14(28)8-10-24(19,4)18-9-11-23(3)16(13(2)25(26,27)22(30)31)6-7-17(23)20(18)21(15)29/h13-21,28-29H,5-12H2,1-4H3,(H,30,31)/t13-,14+,15+,16+,17?,18?,19-,20?,21?,23+,24+/m0/s1. The summed E-state index contributed by atoms with van der Waals surface area (Å²) in [7, 11) is 0. The average molecular weight is 443 g/mol. The van der Waals surface area contributed by atoms with Gasteiger partial charge in [-0.3, -0.25) is 0 Å². The highest BCUT2D eigenvalue weighted by atomic mass is 19.3. The quantitative estimate of drug-likeness (QED) is 0.574. The van der Waals surface area contributed by atoms with E-state index < -0.39 is 23.9 Å². The van der Waals surface area contributed by atoms with Crippen molar-refractivity contribution < 1.29 is 28.9 Å². The molecule has 11 atom stereocenters. The molecule has 0 aromatic heterocycles. The van der Waals surface area contributed by atoms with Gasteiger partial charge in [0.05, 0.1) is 12.2 Å². The van der Waals surface area contributed by atoms with Gasteiger partial charge in [0.25, 0.3) is 0 Å². The predicted molar refractivity (Wildman–Crippen MR) is 114 cm³/mol. The molecule has 4 nitrogen and oxygen atoms in total. The second kappa shape index (κ2) is 7.65. The maximum absolute atomic E-state index is 14.5. The van der Waals surface area contributed by atoms with Gasteiger partial charge in [-0.1, -0.05) is 34.1 Å². The molecule has 4 fully saturated rings. The lowest BCUT2D eigenvalue weighted by Crippen LogP contribution is -2.62. The van der Waals surface area contributed by atoms with E-state index in [1.54, 1.807) is 0 Å². The van der Waals surface area contributed by atoms with Crippen LogP contribution in [0.3, 0.4) is 0 Å². The van der Waals surface area contributed by atoms with Crippen LogP contribution in [-0.4, -0.2) is 39.4 Å². The summed E-state index contributed by atoms with van der Waals surface area (Å²) in [6.07, 6.45) is 5.72. The molecule has 0 amide bonds. The predicted octanol–water partition coefficient (Wildman–Crippen LogP) is 4.97. The Kier molecular flexibility index (Phi) is 5.77. The number of carbonyl (C=O) groups is 1. The van der Waals surface area contributed by atoms with Gasteiger partial charge in [0.2, 0.25) is 0 Å². The first-order valence-corrected chi connectivity index (χ1v) is 12.4. The first kappa shape index (κ1) is 23.4. The molecule has 0 spiro atoms. The van der Waals surface area contributed by atoms with E-state index in [1.807, 2.05) is 0 Å². The fourth-order valence-electron chi connectivity index (χ4n) is 9.27. The number of rotatable bonds is 4. The van der Waals surface area contributed by atoms with Gasteiger partial charge < -0.3 is 15.3 Å². The van der Waals surface area contributed by atoms with E-state index in [4.69, 9.17) is 5.11 Å². The molecule has 178 valence electrons. The monoisotopic (exact) mass is 442 g/mol. The van der Waals surface area contributed by atoms with Crippen molar-refractivity contribution in [2.45, 2.75) is 97.2 Å². The van der Waals surface area contributed by atoms with Crippen LogP contribution in [0.1, 0.15) is 79.1 Å². The molecule has 0 aromatic carbocycles. The van der Waals surface area contributed by atoms with Gasteiger partial charge >= 0.3 is 11.9 Å². The lowest BCUT2D eigenvalue weighted by atomic mass is 9.41. The van der Waals surface area contributed by atoms with Crippen LogP contribution >= 0.6 is 0 Å². The second-order valence-electron chi connectivity index (χ2n) is 11.8. The Labute approximate surface area is 184 Å². The van der Waals surface area contributed by atoms with E-state index in [0.29, 0.717) is 18.3 Å². The van der Waals surface area contributed by atoms with Gasteiger partial charge in [-0.15, -0.1) is 0 Å². The van der Waals surface area contributed by atoms with Crippen LogP contribution in [0.2, 0.25) is 0 Å². The van der Waals surface area contributed by atoms with Crippen molar-refractivity contribution in [3.05, 3.63) is 0 Å². The number of aliphatic hydroxyl groups is 2. The highest BCUT2D eigenvalue weighted by Crippen LogP contribution is 2.69. The van der Waals surface area contributed by atoms with Gasteiger partial charge in [-0.25, -0.2) is 4.79 Å². The number of carboxylic acid groups (broad SMARTS) is 1. The molecule has 4 aliphatic rings. The zero-order chi connectivity index (χ0) is 22.9. The Bertz CT molecular complexity index is 714. The van der Waals surface area contributed by atoms with Crippen LogP contribution < -0.4 is 0 Å². The number of aliphatic hydroxyl groups excluding tert-OH is 2. The number of alkyl halides is 2. The molecule has 31 heavy (non-hydrogen) atoms. The molecule has 4 aliphatic carbocycles. The number of fused-ring (bicyclic) bond motifs is 5. The van der Waals surface area contributed by atoms with Crippen molar-refractivity contribution in [3.63, 3.8) is 0 Å². The lowest BCUT2D eigenvalue weighted by molar-refractivity contribution is -0.208. The molecule has 0 radical (unpaired) electrons. The maximum atomic E-state index is 14.5. The van der Waals surface area contributed by atoms with Gasteiger partial charge in [-0.05, 0) is 91.3 Å². The Hall–Kier alpha value is -0.750. The zero-order valence-electron chi connectivity index (χ0n) is 19.4. The van der Waals surface area contributed by atoms with Gasteiger partial charge in [0.15, 0.2) is 0 Å². The minimum atomic E-state index is -3.73. The normalized spacial score (nSPS) is 50.8. The van der Waals surface area contributed by atoms with Crippen molar-refractivity contribution in [1.82, 2.24) is 0 Å². The highest BCUT2D eigenvalue weighted by Gasteiger charge is 2.66. The molecule has 0 heterocycles. The molecule has 0 aromatic rings. The van der Waals surface area contributed by atoms with Crippen LogP contribution in [0.5, 0.6) is 0 Å². The summed E-state index contributed by atoms with van der Waals surface area (Å²) in [5, 5.41) is 31.1. The summed E-state index contributed by atoms with van der Waals surface area (Å²) >= 11 is 0. The third-order valence-electron chi connectivity index (χ3n) is 10.9. The van der Waals surface area contributed by atoms with Crippen LogP contribution in [0.25, 0.3) is 0 Å². The number of carboxylic acids is 1. The summed E-state index contributed by atoms with van der Waals surface area (Å²) in [4.78, 5) is 11.3. The van der Waals surface area contributed by atoms with E-state index in [1.165, 1.54) is 6.92 Å². The largest absolute Gasteiger partial charge is 0.477 e. The summed E-state index contributed by atoms with van der Waals surface area (Å²) in [6, 6.07) is 0. The zero-order valence-corrected chi connectivity index (χ0v) is 19.4. The average Bonchev–Trinajstić information content (AvgIpc) is 3.05. The van der Waals surface area contributed by atoms with E-state index in [9.17, 15) is 23.8 Å². The smallest absolute Gasteiger partial charge is 0.374 e. The number of halogens is 2. The highest BCUT2D eigenvalue weighted by molar-refractivity contribution is 5.75. The van der Waals surface area contributed by atoms with Crippen molar-refractivity contribution in [3.8, 4) is 0 Å². The van der Waals surface area contributed by atoms with E-state index >= 15 is 0 Å². The van der Waals surface area contributed by atoms with Crippen LogP contribution in [-0.2, 0) is 4.79 Å². The number of aliphatic carboxylic acids is 1. The molecule has 4 rings (SSSR count). The summed E-state index contributed by atoms with van der Waals surface area (Å²) in [6.45, 7) is 7.97. The minimum Gasteiger partial charge on any atom is -0.477 e. The van der Waals surface area contributed by atoms with Gasteiger partial charge in [0.1, 0.15) is 0 Å². The molecule has 3 N–H and O–H groups in total. The maximum Gasteiger partial charge on any atom is 0.374 e. The molecule has 4 saturated carbocycles. The van der Waals surface area contributed by atoms with Crippen molar-refractivity contribution in [1.29, 1.82) is 0 Å². The van der Waals surface area contributed by atoms with Crippen molar-refractivity contribution >= 4 is 5.97 Å². The molecule has 0 saturated heterocycles. The topological polar surface area (TPSA) is 77.8 Å². The molecular weight excluding hydrogens is 402 g/mol. The van der Waals surface area contributed by atoms with Crippen LogP contribution in [0.4, 0.5) is 8.78 Å². The minimum absolute atomic E-state index is 0.0693. The molecule has 0 bridgehead atoms. The van der Waals surface area contributed by atoms with E-state index in [0.717, 1.165) is 44.9 Å². The lowest BCUT2D eigenvalue weighted by Gasteiger charge is -2.64. The fraction of sp³-hybridized carbons (Fsp3) is 0.960. The molecular formula is C25H40F2O4. The van der Waals surface area contributed by atoms with Gasteiger partial charge in [-0.2, -0.15) is 8.78 Å². The first-order valence-electron chi connectivity index (χ1n) is 12.4. The van der Waals surface area contributed by atoms with Crippen molar-refractivity contribution in [2.24, 2.45) is 52.3 Å². The Morgan fingerprint density at radius 2 is 1.65 bits per heavy atom. The summed E-state index contributed by atoms with van der Waals surface area (Å²) < 4.78 is 29.0.